The third-order valence-electron chi connectivity index (χ3n) is 4.66. The van der Waals surface area contributed by atoms with Crippen LogP contribution in [0.3, 0.4) is 0 Å². The van der Waals surface area contributed by atoms with Crippen LogP contribution in [0.5, 0.6) is 0 Å². The van der Waals surface area contributed by atoms with E-state index in [9.17, 15) is 4.79 Å². The van der Waals surface area contributed by atoms with Gasteiger partial charge in [0.15, 0.2) is 0 Å². The molecule has 0 spiro atoms. The molecule has 126 valence electrons. The number of pyridine rings is 1. The van der Waals surface area contributed by atoms with Crippen molar-refractivity contribution in [2.45, 2.75) is 31.8 Å². The van der Waals surface area contributed by atoms with Gasteiger partial charge in [-0.05, 0) is 38.1 Å². The average molecular weight is 325 g/mol. The first-order chi connectivity index (χ1) is 11.6. The molecule has 0 aromatic carbocycles. The fourth-order valence-electron chi connectivity index (χ4n) is 3.11. The fraction of sp³-hybridized carbons (Fsp3) is 0.444. The lowest BCUT2D eigenvalue weighted by molar-refractivity contribution is -0.131. The van der Waals surface area contributed by atoms with Crippen LogP contribution in [-0.2, 0) is 11.3 Å². The molecular weight excluding hydrogens is 302 g/mol. The van der Waals surface area contributed by atoms with Crippen molar-refractivity contribution in [3.8, 4) is 0 Å². The lowest BCUT2D eigenvalue weighted by atomic mass is 10.0. The molecule has 0 bridgehead atoms. The molecule has 0 N–H and O–H groups in total. The monoisotopic (exact) mass is 325 g/mol. The summed E-state index contributed by atoms with van der Waals surface area (Å²) in [6.45, 7) is 4.21. The quantitative estimate of drug-likeness (QED) is 0.837. The first-order valence-electron chi connectivity index (χ1n) is 8.30. The SMILES string of the molecule is C[C@H](C(=O)N1CC[C@@H](N(C)Cc2ncccn2)C1)c1cccnc1. The van der Waals surface area contributed by atoms with Gasteiger partial charge in [0.2, 0.25) is 5.91 Å². The minimum Gasteiger partial charge on any atom is -0.341 e. The second-order valence-electron chi connectivity index (χ2n) is 6.31. The summed E-state index contributed by atoms with van der Waals surface area (Å²) >= 11 is 0. The lowest BCUT2D eigenvalue weighted by Gasteiger charge is -2.25. The summed E-state index contributed by atoms with van der Waals surface area (Å²) in [5.41, 5.74) is 0.969. The van der Waals surface area contributed by atoms with Crippen LogP contribution in [0.4, 0.5) is 0 Å². The van der Waals surface area contributed by atoms with Crippen LogP contribution in [0.1, 0.15) is 30.7 Å². The van der Waals surface area contributed by atoms with Crippen molar-refractivity contribution in [1.82, 2.24) is 24.8 Å². The maximum absolute atomic E-state index is 12.7. The molecule has 0 radical (unpaired) electrons. The smallest absolute Gasteiger partial charge is 0.229 e. The fourth-order valence-corrected chi connectivity index (χ4v) is 3.11. The molecule has 1 aliphatic heterocycles. The first kappa shape index (κ1) is 16.5. The highest BCUT2D eigenvalue weighted by Crippen LogP contribution is 2.22. The molecule has 3 rings (SSSR count). The van der Waals surface area contributed by atoms with Gasteiger partial charge in [0.25, 0.3) is 0 Å². The molecule has 6 nitrogen and oxygen atoms in total. The Labute approximate surface area is 142 Å². The molecule has 6 heteroatoms. The largest absolute Gasteiger partial charge is 0.341 e. The number of nitrogens with zero attached hydrogens (tertiary/aromatic N) is 5. The normalized spacial score (nSPS) is 18.8. The van der Waals surface area contributed by atoms with E-state index in [1.807, 2.05) is 30.0 Å². The van der Waals surface area contributed by atoms with Crippen molar-refractivity contribution in [3.05, 3.63) is 54.4 Å². The Kier molecular flexibility index (Phi) is 5.15. The Bertz CT molecular complexity index is 664. The summed E-state index contributed by atoms with van der Waals surface area (Å²) in [7, 11) is 2.07. The van der Waals surface area contributed by atoms with Crippen LogP contribution in [0, 0.1) is 0 Å². The minimum absolute atomic E-state index is 0.153. The van der Waals surface area contributed by atoms with Crippen LogP contribution >= 0.6 is 0 Å². The van der Waals surface area contributed by atoms with Gasteiger partial charge in [-0.15, -0.1) is 0 Å². The van der Waals surface area contributed by atoms with Gasteiger partial charge in [-0.2, -0.15) is 0 Å². The van der Waals surface area contributed by atoms with E-state index in [0.29, 0.717) is 12.6 Å². The number of rotatable bonds is 5. The molecule has 1 amide bonds. The molecule has 0 aliphatic carbocycles. The predicted octanol–water partition coefficient (Wildman–Crippen LogP) is 1.71. The second-order valence-corrected chi connectivity index (χ2v) is 6.31. The van der Waals surface area contributed by atoms with Gasteiger partial charge >= 0.3 is 0 Å². The molecule has 2 aromatic rings. The molecule has 1 fully saturated rings. The van der Waals surface area contributed by atoms with Gasteiger partial charge in [0, 0.05) is 43.9 Å². The summed E-state index contributed by atoms with van der Waals surface area (Å²) in [6.07, 6.45) is 8.00. The van der Waals surface area contributed by atoms with Gasteiger partial charge < -0.3 is 4.90 Å². The van der Waals surface area contributed by atoms with Gasteiger partial charge in [-0.25, -0.2) is 9.97 Å². The predicted molar refractivity (Wildman–Crippen MR) is 91.1 cm³/mol. The molecule has 3 heterocycles. The van der Waals surface area contributed by atoms with Crippen molar-refractivity contribution >= 4 is 5.91 Å². The second kappa shape index (κ2) is 7.49. The van der Waals surface area contributed by atoms with Crippen molar-refractivity contribution < 1.29 is 4.79 Å². The number of carbonyl (C=O) groups excluding carboxylic acids is 1. The van der Waals surface area contributed by atoms with Crippen LogP contribution in [0.15, 0.2) is 43.0 Å². The third kappa shape index (κ3) is 3.76. The highest BCUT2D eigenvalue weighted by molar-refractivity contribution is 5.83. The molecular formula is C18H23N5O. The van der Waals surface area contributed by atoms with Gasteiger partial charge in [-0.1, -0.05) is 6.07 Å². The zero-order chi connectivity index (χ0) is 16.9. The number of hydrogen-bond donors (Lipinski definition) is 0. The van der Waals surface area contributed by atoms with Crippen molar-refractivity contribution in [2.24, 2.45) is 0 Å². The van der Waals surface area contributed by atoms with E-state index < -0.39 is 0 Å². The van der Waals surface area contributed by atoms with Crippen LogP contribution in [0.25, 0.3) is 0 Å². The Balaban J connectivity index is 1.57. The van der Waals surface area contributed by atoms with E-state index in [-0.39, 0.29) is 11.8 Å². The Hall–Kier alpha value is -2.34. The number of amides is 1. The van der Waals surface area contributed by atoms with E-state index in [4.69, 9.17) is 0 Å². The Morgan fingerprint density at radius 3 is 2.83 bits per heavy atom. The molecule has 2 atom stereocenters. The molecule has 2 aromatic heterocycles. The van der Waals surface area contributed by atoms with Gasteiger partial charge in [0.1, 0.15) is 5.82 Å². The maximum Gasteiger partial charge on any atom is 0.229 e. The Morgan fingerprint density at radius 1 is 1.33 bits per heavy atom. The summed E-state index contributed by atoms with van der Waals surface area (Å²) in [5, 5.41) is 0. The van der Waals surface area contributed by atoms with Gasteiger partial charge in [-0.3, -0.25) is 14.7 Å². The lowest BCUT2D eigenvalue weighted by Crippen LogP contribution is -2.37. The van der Waals surface area contributed by atoms with Crippen LogP contribution in [0.2, 0.25) is 0 Å². The van der Waals surface area contributed by atoms with E-state index in [1.54, 1.807) is 24.8 Å². The standard InChI is InChI=1S/C18H23N5O/c1-14(15-5-3-7-19-11-15)18(24)23-10-6-16(12-23)22(2)13-17-20-8-4-9-21-17/h3-5,7-9,11,14,16H,6,10,12-13H2,1-2H3/t14-,16+/m0/s1. The molecule has 1 aliphatic rings. The van der Waals surface area contributed by atoms with Crippen LogP contribution in [-0.4, -0.2) is 56.8 Å². The van der Waals surface area contributed by atoms with Crippen molar-refractivity contribution in [2.75, 3.05) is 20.1 Å². The molecule has 0 unspecified atom stereocenters. The summed E-state index contributed by atoms with van der Waals surface area (Å²) < 4.78 is 0. The highest BCUT2D eigenvalue weighted by atomic mass is 16.2. The number of aromatic nitrogens is 3. The maximum atomic E-state index is 12.7. The minimum atomic E-state index is -0.153. The van der Waals surface area contributed by atoms with Crippen molar-refractivity contribution in [1.29, 1.82) is 0 Å². The zero-order valence-electron chi connectivity index (χ0n) is 14.2. The highest BCUT2D eigenvalue weighted by Gasteiger charge is 2.31. The number of hydrogen-bond acceptors (Lipinski definition) is 5. The third-order valence-corrected chi connectivity index (χ3v) is 4.66. The van der Waals surface area contributed by atoms with E-state index >= 15 is 0 Å². The molecule has 0 saturated carbocycles. The van der Waals surface area contributed by atoms with Crippen LogP contribution < -0.4 is 0 Å². The topological polar surface area (TPSA) is 62.2 Å². The summed E-state index contributed by atoms with van der Waals surface area (Å²) in [4.78, 5) is 29.6. The summed E-state index contributed by atoms with van der Waals surface area (Å²) in [6, 6.07) is 6.00. The van der Waals surface area contributed by atoms with Gasteiger partial charge in [0.05, 0.1) is 12.5 Å². The van der Waals surface area contributed by atoms with E-state index in [1.165, 1.54) is 0 Å². The number of likely N-dealkylation sites (N-methyl/N-ethyl adjacent to an activating group) is 1. The Morgan fingerprint density at radius 2 is 2.12 bits per heavy atom. The average Bonchev–Trinajstić information content (AvgIpc) is 3.12. The van der Waals surface area contributed by atoms with E-state index in [2.05, 4.69) is 26.9 Å². The number of likely N-dealkylation sites (tertiary alicyclic amines) is 1. The molecule has 1 saturated heterocycles. The number of carbonyl (C=O) groups is 1. The summed E-state index contributed by atoms with van der Waals surface area (Å²) in [5.74, 6) is 0.837. The van der Waals surface area contributed by atoms with Crippen molar-refractivity contribution in [3.63, 3.8) is 0 Å². The van der Waals surface area contributed by atoms with E-state index in [0.717, 1.165) is 30.9 Å². The first-order valence-corrected chi connectivity index (χ1v) is 8.30. The zero-order valence-corrected chi connectivity index (χ0v) is 14.2. The molecule has 24 heavy (non-hydrogen) atoms.